The first-order chi connectivity index (χ1) is 11.2. The molecule has 2 rings (SSSR count). The van der Waals surface area contributed by atoms with Crippen molar-refractivity contribution in [1.29, 1.82) is 5.41 Å². The van der Waals surface area contributed by atoms with E-state index in [-0.39, 0.29) is 16.8 Å². The molecule has 0 heterocycles. The Morgan fingerprint density at radius 1 is 0.958 bits per heavy atom. The van der Waals surface area contributed by atoms with Gasteiger partial charge in [0.05, 0.1) is 5.56 Å². The van der Waals surface area contributed by atoms with Gasteiger partial charge in [-0.05, 0) is 43.3 Å². The number of benzene rings is 2. The molecule has 0 aliphatic heterocycles. The Labute approximate surface area is 140 Å². The van der Waals surface area contributed by atoms with E-state index in [4.69, 9.17) is 26.5 Å². The minimum atomic E-state index is -0.931. The van der Waals surface area contributed by atoms with E-state index < -0.39 is 23.2 Å². The monoisotopic (exact) mass is 334 g/mol. The topological polar surface area (TPSA) is 148 Å². The fourth-order valence-corrected chi connectivity index (χ4v) is 1.50. The van der Waals surface area contributed by atoms with Crippen molar-refractivity contribution >= 4 is 17.4 Å². The molecule has 0 bridgehead atoms. The van der Waals surface area contributed by atoms with Crippen LogP contribution >= 0.6 is 0 Å². The summed E-state index contributed by atoms with van der Waals surface area (Å²) in [6.07, 6.45) is 0. The van der Waals surface area contributed by atoms with Gasteiger partial charge in [-0.15, -0.1) is 0 Å². The summed E-state index contributed by atoms with van der Waals surface area (Å²) in [7, 11) is 0. The van der Waals surface area contributed by atoms with Crippen molar-refractivity contribution in [2.45, 2.75) is 20.8 Å². The van der Waals surface area contributed by atoms with Crippen LogP contribution in [0.5, 0.6) is 17.2 Å². The average Bonchev–Trinajstić information content (AvgIpc) is 2.55. The number of hydrogen-bond donors (Lipinski definition) is 6. The molecule has 0 aliphatic carbocycles. The molecule has 0 aromatic heterocycles. The summed E-state index contributed by atoms with van der Waals surface area (Å²) in [5, 5.41) is 42.8. The van der Waals surface area contributed by atoms with E-state index in [0.717, 1.165) is 0 Å². The summed E-state index contributed by atoms with van der Waals surface area (Å²) in [5.74, 6) is -2.36. The molecule has 0 saturated carbocycles. The third-order valence-electron chi connectivity index (χ3n) is 2.69. The number of anilines is 1. The van der Waals surface area contributed by atoms with E-state index >= 15 is 0 Å². The lowest BCUT2D eigenvalue weighted by atomic mass is 10.1. The van der Waals surface area contributed by atoms with Crippen LogP contribution in [0, 0.1) is 5.41 Å². The van der Waals surface area contributed by atoms with Crippen LogP contribution in [0.4, 0.5) is 5.69 Å². The number of carboxylic acid groups (broad SMARTS) is 1. The fourth-order valence-electron chi connectivity index (χ4n) is 1.50. The summed E-state index contributed by atoms with van der Waals surface area (Å²) in [6.45, 7) is 5.48. The van der Waals surface area contributed by atoms with Gasteiger partial charge in [0.1, 0.15) is 0 Å². The lowest BCUT2D eigenvalue weighted by Gasteiger charge is -2.05. The van der Waals surface area contributed by atoms with Crippen LogP contribution in [0.3, 0.4) is 0 Å². The summed E-state index contributed by atoms with van der Waals surface area (Å²) in [6, 6.07) is 8.65. The second-order valence-electron chi connectivity index (χ2n) is 4.38. The maximum Gasteiger partial charge on any atom is 0.335 e. The summed E-state index contributed by atoms with van der Waals surface area (Å²) in [5.41, 5.74) is 6.51. The number of nitrogens with one attached hydrogen (secondary N) is 1. The zero-order valence-electron chi connectivity index (χ0n) is 13.7. The van der Waals surface area contributed by atoms with Crippen LogP contribution in [0.25, 0.3) is 0 Å². The number of aromatic hydroxyl groups is 3. The van der Waals surface area contributed by atoms with Crippen LogP contribution in [0.15, 0.2) is 36.4 Å². The number of aromatic carboxylic acids is 1. The molecule has 0 saturated heterocycles. The first-order valence-corrected chi connectivity index (χ1v) is 7.12. The zero-order valence-corrected chi connectivity index (χ0v) is 13.7. The molecule has 7 N–H and O–H groups in total. The van der Waals surface area contributed by atoms with Gasteiger partial charge in [0, 0.05) is 17.0 Å². The van der Waals surface area contributed by atoms with Gasteiger partial charge in [0.15, 0.2) is 11.5 Å². The van der Waals surface area contributed by atoms with E-state index in [1.54, 1.807) is 12.1 Å². The van der Waals surface area contributed by atoms with Gasteiger partial charge in [-0.1, -0.05) is 13.8 Å². The molecule has 0 atom stereocenters. The highest BCUT2D eigenvalue weighted by Gasteiger charge is 2.11. The normalized spacial score (nSPS) is 8.96. The van der Waals surface area contributed by atoms with Gasteiger partial charge in [-0.2, -0.15) is 0 Å². The van der Waals surface area contributed by atoms with Gasteiger partial charge >= 0.3 is 5.97 Å². The smallest absolute Gasteiger partial charge is 0.335 e. The van der Waals surface area contributed by atoms with Crippen molar-refractivity contribution in [1.82, 2.24) is 0 Å². The molecule has 7 heteroatoms. The van der Waals surface area contributed by atoms with E-state index in [0.29, 0.717) is 5.69 Å². The molecule has 0 unspecified atom stereocenters. The van der Waals surface area contributed by atoms with Gasteiger partial charge in [0.25, 0.3) is 0 Å². The predicted molar refractivity (Wildman–Crippen MR) is 93.1 cm³/mol. The molecular weight excluding hydrogens is 312 g/mol. The average molecular weight is 334 g/mol. The number of carbonyl (C=O) groups is 1. The number of phenolic OH excluding ortho intramolecular Hbond substituents is 3. The van der Waals surface area contributed by atoms with Gasteiger partial charge < -0.3 is 31.6 Å². The van der Waals surface area contributed by atoms with Crippen molar-refractivity contribution < 1.29 is 25.2 Å². The molecule has 2 aromatic rings. The molecule has 0 spiro atoms. The maximum atomic E-state index is 10.3. The van der Waals surface area contributed by atoms with E-state index in [1.165, 1.54) is 31.2 Å². The molecule has 24 heavy (non-hydrogen) atoms. The summed E-state index contributed by atoms with van der Waals surface area (Å²) in [4.78, 5) is 10.3. The molecule has 0 radical (unpaired) electrons. The van der Waals surface area contributed by atoms with Crippen molar-refractivity contribution in [3.63, 3.8) is 0 Å². The SMILES string of the molecule is CC.CC(=N)c1ccc(O)c(O)c1O.Nc1ccc(C(=O)O)cc1. The van der Waals surface area contributed by atoms with Gasteiger partial charge in [0.2, 0.25) is 5.75 Å². The Bertz CT molecular complexity index is 697. The van der Waals surface area contributed by atoms with E-state index in [1.807, 2.05) is 13.8 Å². The maximum absolute atomic E-state index is 10.3. The first kappa shape index (κ1) is 20.8. The fraction of sp³-hybridized carbons (Fsp3) is 0.176. The number of nitrogens with two attached hydrogens (primary N) is 1. The molecular formula is C17H22N2O5. The Kier molecular flexibility index (Phi) is 8.42. The second-order valence-corrected chi connectivity index (χ2v) is 4.38. The number of phenols is 3. The minimum Gasteiger partial charge on any atom is -0.504 e. The third-order valence-corrected chi connectivity index (χ3v) is 2.69. The lowest BCUT2D eigenvalue weighted by molar-refractivity contribution is 0.0697. The zero-order chi connectivity index (χ0) is 18.9. The van der Waals surface area contributed by atoms with Crippen LogP contribution in [-0.4, -0.2) is 32.1 Å². The molecule has 0 amide bonds. The third kappa shape index (κ3) is 5.88. The second kappa shape index (κ2) is 9.73. The Hall–Kier alpha value is -3.22. The molecule has 130 valence electrons. The first-order valence-electron chi connectivity index (χ1n) is 7.12. The number of rotatable bonds is 2. The van der Waals surface area contributed by atoms with Crippen LogP contribution < -0.4 is 5.73 Å². The van der Waals surface area contributed by atoms with Gasteiger partial charge in [-0.3, -0.25) is 0 Å². The molecule has 0 aliphatic rings. The molecule has 7 nitrogen and oxygen atoms in total. The number of nitrogen functional groups attached to an aromatic ring is 1. The molecule has 0 fully saturated rings. The standard InChI is InChI=1S/C8H9NO3.C7H7NO2.C2H6/c1-4(9)5-2-3-6(10)8(12)7(5)11;8-6-3-1-5(2-4-6)7(9)10;1-2/h2-3,9-12H,1H3;1-4H,8H2,(H,9,10);1-2H3. The Balaban J connectivity index is 0.000000405. The van der Waals surface area contributed by atoms with E-state index in [9.17, 15) is 9.90 Å². The number of carboxylic acids is 1. The predicted octanol–water partition coefficient (Wildman–Crippen LogP) is 3.18. The number of hydrogen-bond acceptors (Lipinski definition) is 6. The lowest BCUT2D eigenvalue weighted by Crippen LogP contribution is -1.95. The van der Waals surface area contributed by atoms with Crippen molar-refractivity contribution in [2.75, 3.05) is 5.73 Å². The summed E-state index contributed by atoms with van der Waals surface area (Å²) >= 11 is 0. The highest BCUT2D eigenvalue weighted by Crippen LogP contribution is 2.36. The largest absolute Gasteiger partial charge is 0.504 e. The molecule has 2 aromatic carbocycles. The highest BCUT2D eigenvalue weighted by atomic mass is 16.4. The Morgan fingerprint density at radius 3 is 1.88 bits per heavy atom. The van der Waals surface area contributed by atoms with Crippen LogP contribution in [0.2, 0.25) is 0 Å². The van der Waals surface area contributed by atoms with Crippen molar-refractivity contribution in [3.05, 3.63) is 47.5 Å². The van der Waals surface area contributed by atoms with Crippen molar-refractivity contribution in [3.8, 4) is 17.2 Å². The van der Waals surface area contributed by atoms with Crippen molar-refractivity contribution in [2.24, 2.45) is 0 Å². The van der Waals surface area contributed by atoms with Gasteiger partial charge in [-0.25, -0.2) is 4.79 Å². The van der Waals surface area contributed by atoms with Crippen LogP contribution in [0.1, 0.15) is 36.7 Å². The van der Waals surface area contributed by atoms with E-state index in [2.05, 4.69) is 0 Å². The van der Waals surface area contributed by atoms with Crippen LogP contribution in [-0.2, 0) is 0 Å². The highest BCUT2D eigenvalue weighted by molar-refractivity contribution is 5.99. The summed E-state index contributed by atoms with van der Waals surface area (Å²) < 4.78 is 0. The quantitative estimate of drug-likeness (QED) is 0.282. The Morgan fingerprint density at radius 2 is 1.46 bits per heavy atom. The minimum absolute atomic E-state index is 0.128.